The van der Waals surface area contributed by atoms with Crippen LogP contribution in [0.3, 0.4) is 0 Å². The lowest BCUT2D eigenvalue weighted by Crippen LogP contribution is -2.26. The first kappa shape index (κ1) is 13.9. The molecule has 0 aliphatic carbocycles. The summed E-state index contributed by atoms with van der Waals surface area (Å²) in [5.74, 6) is 0. The Balaban J connectivity index is 1.54. The Bertz CT molecular complexity index is 429. The Kier molecular flexibility index (Phi) is 4.58. The van der Waals surface area contributed by atoms with E-state index in [-0.39, 0.29) is 0 Å². The zero-order chi connectivity index (χ0) is 13.8. The lowest BCUT2D eigenvalue weighted by molar-refractivity contribution is 0.121. The molecular weight excluding hydrogens is 248 g/mol. The lowest BCUT2D eigenvalue weighted by Gasteiger charge is -2.18. The highest BCUT2D eigenvalue weighted by atomic mass is 16.5. The van der Waals surface area contributed by atoms with Crippen molar-refractivity contribution in [2.45, 2.75) is 44.8 Å². The van der Waals surface area contributed by atoms with Crippen molar-refractivity contribution >= 4 is 5.69 Å². The molecule has 0 aromatic heterocycles. The number of hydrogen-bond donors (Lipinski definition) is 1. The number of hydrogen-bond acceptors (Lipinski definition) is 3. The number of likely N-dealkylation sites (tertiary alicyclic amines) is 1. The number of nitrogens with one attached hydrogen (secondary N) is 1. The van der Waals surface area contributed by atoms with E-state index >= 15 is 0 Å². The van der Waals surface area contributed by atoms with Gasteiger partial charge in [-0.05, 0) is 63.4 Å². The van der Waals surface area contributed by atoms with Gasteiger partial charge in [-0.3, -0.25) is 0 Å². The molecule has 0 radical (unpaired) electrons. The van der Waals surface area contributed by atoms with Gasteiger partial charge < -0.3 is 15.0 Å². The van der Waals surface area contributed by atoms with Gasteiger partial charge in [-0.2, -0.15) is 0 Å². The molecule has 2 atom stereocenters. The molecule has 2 unspecified atom stereocenters. The Morgan fingerprint density at radius 3 is 2.90 bits per heavy atom. The SMILES string of the molecule is CC1OCCC1Nc1cccc(CCN2CCCC2)c1. The van der Waals surface area contributed by atoms with Gasteiger partial charge in [0.1, 0.15) is 0 Å². The molecule has 3 rings (SSSR count). The van der Waals surface area contributed by atoms with E-state index in [2.05, 4.69) is 41.4 Å². The summed E-state index contributed by atoms with van der Waals surface area (Å²) in [6.45, 7) is 6.81. The molecule has 1 N–H and O–H groups in total. The van der Waals surface area contributed by atoms with Gasteiger partial charge in [0.15, 0.2) is 0 Å². The normalized spacial score (nSPS) is 27.1. The maximum absolute atomic E-state index is 5.61. The molecule has 3 nitrogen and oxygen atoms in total. The van der Waals surface area contributed by atoms with Gasteiger partial charge in [-0.1, -0.05) is 12.1 Å². The number of ether oxygens (including phenoxy) is 1. The topological polar surface area (TPSA) is 24.5 Å². The third kappa shape index (κ3) is 3.53. The summed E-state index contributed by atoms with van der Waals surface area (Å²) >= 11 is 0. The summed E-state index contributed by atoms with van der Waals surface area (Å²) < 4.78 is 5.61. The summed E-state index contributed by atoms with van der Waals surface area (Å²) in [7, 11) is 0. The molecule has 2 aliphatic heterocycles. The monoisotopic (exact) mass is 274 g/mol. The summed E-state index contributed by atoms with van der Waals surface area (Å²) in [6.07, 6.45) is 5.34. The van der Waals surface area contributed by atoms with E-state index in [0.29, 0.717) is 12.1 Å². The van der Waals surface area contributed by atoms with Gasteiger partial charge in [-0.25, -0.2) is 0 Å². The summed E-state index contributed by atoms with van der Waals surface area (Å²) in [6, 6.07) is 9.35. The molecule has 2 aliphatic rings. The highest BCUT2D eigenvalue weighted by Crippen LogP contribution is 2.20. The van der Waals surface area contributed by atoms with E-state index in [4.69, 9.17) is 4.74 Å². The maximum Gasteiger partial charge on any atom is 0.0748 e. The van der Waals surface area contributed by atoms with Gasteiger partial charge in [0.2, 0.25) is 0 Å². The first-order chi connectivity index (χ1) is 9.81. The maximum atomic E-state index is 5.61. The smallest absolute Gasteiger partial charge is 0.0748 e. The quantitative estimate of drug-likeness (QED) is 0.893. The van der Waals surface area contributed by atoms with Gasteiger partial charge in [-0.15, -0.1) is 0 Å². The van der Waals surface area contributed by atoms with Gasteiger partial charge in [0.05, 0.1) is 12.1 Å². The molecule has 0 spiro atoms. The van der Waals surface area contributed by atoms with Crippen LogP contribution in [0.25, 0.3) is 0 Å². The minimum atomic E-state index is 0.322. The fourth-order valence-electron chi connectivity index (χ4n) is 3.25. The molecule has 3 heteroatoms. The zero-order valence-corrected chi connectivity index (χ0v) is 12.5. The standard InChI is InChI=1S/C17H26N2O/c1-14-17(8-12-20-14)18-16-6-4-5-15(13-16)7-11-19-9-2-3-10-19/h4-6,13-14,17-18H,2-3,7-12H2,1H3. The van der Waals surface area contributed by atoms with Crippen molar-refractivity contribution in [1.82, 2.24) is 4.90 Å². The van der Waals surface area contributed by atoms with Crippen molar-refractivity contribution < 1.29 is 4.74 Å². The van der Waals surface area contributed by atoms with E-state index in [1.165, 1.54) is 43.7 Å². The van der Waals surface area contributed by atoms with Crippen LogP contribution in [0.4, 0.5) is 5.69 Å². The van der Waals surface area contributed by atoms with Crippen LogP contribution >= 0.6 is 0 Å². The van der Waals surface area contributed by atoms with Crippen molar-refractivity contribution in [3.8, 4) is 0 Å². The first-order valence-corrected chi connectivity index (χ1v) is 8.01. The number of benzene rings is 1. The van der Waals surface area contributed by atoms with E-state index < -0.39 is 0 Å². The average molecular weight is 274 g/mol. The summed E-state index contributed by atoms with van der Waals surface area (Å²) in [5.41, 5.74) is 2.68. The summed E-state index contributed by atoms with van der Waals surface area (Å²) in [5, 5.41) is 3.62. The molecule has 2 saturated heterocycles. The molecule has 110 valence electrons. The molecule has 2 heterocycles. The second kappa shape index (κ2) is 6.59. The minimum Gasteiger partial charge on any atom is -0.380 e. The third-order valence-electron chi connectivity index (χ3n) is 4.57. The van der Waals surface area contributed by atoms with Gasteiger partial charge in [0.25, 0.3) is 0 Å². The zero-order valence-electron chi connectivity index (χ0n) is 12.5. The molecule has 1 aromatic rings. The summed E-state index contributed by atoms with van der Waals surface area (Å²) in [4.78, 5) is 2.58. The van der Waals surface area contributed by atoms with Crippen LogP contribution in [-0.4, -0.2) is 43.3 Å². The second-order valence-corrected chi connectivity index (χ2v) is 6.11. The fraction of sp³-hybridized carbons (Fsp3) is 0.647. The molecule has 0 bridgehead atoms. The molecule has 0 saturated carbocycles. The number of nitrogens with zero attached hydrogens (tertiary/aromatic N) is 1. The molecule has 20 heavy (non-hydrogen) atoms. The molecule has 1 aromatic carbocycles. The highest BCUT2D eigenvalue weighted by Gasteiger charge is 2.23. The average Bonchev–Trinajstić information content (AvgIpc) is 3.10. The van der Waals surface area contributed by atoms with Crippen molar-refractivity contribution in [2.75, 3.05) is 31.6 Å². The van der Waals surface area contributed by atoms with E-state index in [9.17, 15) is 0 Å². The Morgan fingerprint density at radius 2 is 2.15 bits per heavy atom. The first-order valence-electron chi connectivity index (χ1n) is 8.01. The van der Waals surface area contributed by atoms with E-state index in [0.717, 1.165) is 19.4 Å². The third-order valence-corrected chi connectivity index (χ3v) is 4.57. The van der Waals surface area contributed by atoms with Crippen LogP contribution < -0.4 is 5.32 Å². The van der Waals surface area contributed by atoms with E-state index in [1.807, 2.05) is 0 Å². The Morgan fingerprint density at radius 1 is 1.30 bits per heavy atom. The van der Waals surface area contributed by atoms with Crippen molar-refractivity contribution in [3.63, 3.8) is 0 Å². The predicted molar refractivity (Wildman–Crippen MR) is 83.3 cm³/mol. The lowest BCUT2D eigenvalue weighted by atomic mass is 10.1. The van der Waals surface area contributed by atoms with Crippen LogP contribution in [0, 0.1) is 0 Å². The van der Waals surface area contributed by atoms with Gasteiger partial charge >= 0.3 is 0 Å². The Hall–Kier alpha value is -1.06. The van der Waals surface area contributed by atoms with Crippen LogP contribution in [0.2, 0.25) is 0 Å². The highest BCUT2D eigenvalue weighted by molar-refractivity contribution is 5.47. The van der Waals surface area contributed by atoms with Crippen molar-refractivity contribution in [1.29, 1.82) is 0 Å². The molecule has 0 amide bonds. The molecule has 2 fully saturated rings. The number of rotatable bonds is 5. The predicted octanol–water partition coefficient (Wildman–Crippen LogP) is 2.91. The van der Waals surface area contributed by atoms with Crippen LogP contribution in [0.15, 0.2) is 24.3 Å². The van der Waals surface area contributed by atoms with Crippen molar-refractivity contribution in [2.24, 2.45) is 0 Å². The number of anilines is 1. The largest absolute Gasteiger partial charge is 0.380 e. The van der Waals surface area contributed by atoms with Crippen LogP contribution in [0.1, 0.15) is 31.7 Å². The Labute approximate surface area is 122 Å². The van der Waals surface area contributed by atoms with Gasteiger partial charge in [0, 0.05) is 18.8 Å². The van der Waals surface area contributed by atoms with Crippen LogP contribution in [-0.2, 0) is 11.2 Å². The fourth-order valence-corrected chi connectivity index (χ4v) is 3.25. The van der Waals surface area contributed by atoms with Crippen molar-refractivity contribution in [3.05, 3.63) is 29.8 Å². The van der Waals surface area contributed by atoms with Crippen LogP contribution in [0.5, 0.6) is 0 Å². The minimum absolute atomic E-state index is 0.322. The second-order valence-electron chi connectivity index (χ2n) is 6.11. The van der Waals surface area contributed by atoms with E-state index in [1.54, 1.807) is 0 Å². The molecular formula is C17H26N2O.